The van der Waals surface area contributed by atoms with E-state index in [1.165, 1.54) is 51.5 Å². The minimum absolute atomic E-state index is 0.0213. The van der Waals surface area contributed by atoms with Gasteiger partial charge < -0.3 is 15.2 Å². The zero-order valence-corrected chi connectivity index (χ0v) is 11.9. The standard InChI is InChI=1S/C15H22N2O3/c1-20-12-8-10-16-13(14(12)18)15(19)17-9-7-11-5-3-2-4-6-11/h8,10-11,18H,2-7,9H2,1H3,(H,17,19). The zero-order valence-electron chi connectivity index (χ0n) is 11.9. The number of rotatable bonds is 5. The highest BCUT2D eigenvalue weighted by Crippen LogP contribution is 2.28. The summed E-state index contributed by atoms with van der Waals surface area (Å²) in [5.41, 5.74) is 0.0213. The quantitative estimate of drug-likeness (QED) is 0.868. The first-order valence-electron chi connectivity index (χ1n) is 7.22. The number of amides is 1. The largest absolute Gasteiger partial charge is 0.503 e. The summed E-state index contributed by atoms with van der Waals surface area (Å²) in [6.45, 7) is 0.627. The summed E-state index contributed by atoms with van der Waals surface area (Å²) in [7, 11) is 1.44. The minimum atomic E-state index is -0.350. The molecule has 1 aromatic heterocycles. The summed E-state index contributed by atoms with van der Waals surface area (Å²) in [4.78, 5) is 15.9. The van der Waals surface area contributed by atoms with Crippen molar-refractivity contribution in [3.8, 4) is 11.5 Å². The topological polar surface area (TPSA) is 71.5 Å². The van der Waals surface area contributed by atoms with Crippen LogP contribution in [0.15, 0.2) is 12.3 Å². The average molecular weight is 278 g/mol. The van der Waals surface area contributed by atoms with Crippen LogP contribution in [0, 0.1) is 5.92 Å². The van der Waals surface area contributed by atoms with Gasteiger partial charge >= 0.3 is 0 Å². The van der Waals surface area contributed by atoms with Gasteiger partial charge in [-0.1, -0.05) is 32.1 Å². The smallest absolute Gasteiger partial charge is 0.273 e. The molecule has 5 nitrogen and oxygen atoms in total. The van der Waals surface area contributed by atoms with E-state index in [0.717, 1.165) is 12.3 Å². The van der Waals surface area contributed by atoms with E-state index in [9.17, 15) is 9.90 Å². The molecule has 1 amide bonds. The van der Waals surface area contributed by atoms with Crippen molar-refractivity contribution in [1.82, 2.24) is 10.3 Å². The molecule has 0 aliphatic heterocycles. The van der Waals surface area contributed by atoms with Gasteiger partial charge in [-0.05, 0) is 12.3 Å². The molecule has 1 aliphatic rings. The molecule has 20 heavy (non-hydrogen) atoms. The summed E-state index contributed by atoms with van der Waals surface area (Å²) >= 11 is 0. The second-order valence-corrected chi connectivity index (χ2v) is 5.26. The number of aromatic nitrogens is 1. The number of methoxy groups -OCH3 is 1. The van der Waals surface area contributed by atoms with Gasteiger partial charge in [-0.2, -0.15) is 0 Å². The van der Waals surface area contributed by atoms with Crippen molar-refractivity contribution in [3.63, 3.8) is 0 Å². The number of ether oxygens (including phenoxy) is 1. The summed E-state index contributed by atoms with van der Waals surface area (Å²) in [5.74, 6) is 0.427. The maximum atomic E-state index is 12.0. The van der Waals surface area contributed by atoms with E-state index in [2.05, 4.69) is 10.3 Å². The van der Waals surface area contributed by atoms with Crippen LogP contribution >= 0.6 is 0 Å². The van der Waals surface area contributed by atoms with Gasteiger partial charge in [0.2, 0.25) is 0 Å². The predicted octanol–water partition coefficient (Wildman–Crippen LogP) is 2.50. The molecular weight excluding hydrogens is 256 g/mol. The first-order chi connectivity index (χ1) is 9.72. The van der Waals surface area contributed by atoms with Crippen LogP contribution in [0.25, 0.3) is 0 Å². The molecule has 0 radical (unpaired) electrons. The number of nitrogens with zero attached hydrogens (tertiary/aromatic N) is 1. The summed E-state index contributed by atoms with van der Waals surface area (Å²) < 4.78 is 4.97. The molecule has 1 heterocycles. The number of hydrogen-bond donors (Lipinski definition) is 2. The van der Waals surface area contributed by atoms with Gasteiger partial charge in [0.15, 0.2) is 17.2 Å². The second kappa shape index (κ2) is 7.12. The Morgan fingerprint density at radius 1 is 1.45 bits per heavy atom. The number of pyridine rings is 1. The lowest BCUT2D eigenvalue weighted by Crippen LogP contribution is -2.27. The van der Waals surface area contributed by atoms with E-state index in [-0.39, 0.29) is 23.1 Å². The van der Waals surface area contributed by atoms with Crippen molar-refractivity contribution in [2.75, 3.05) is 13.7 Å². The molecule has 1 fully saturated rings. The molecule has 5 heteroatoms. The van der Waals surface area contributed by atoms with Crippen molar-refractivity contribution >= 4 is 5.91 Å². The van der Waals surface area contributed by atoms with Gasteiger partial charge in [-0.15, -0.1) is 0 Å². The fraction of sp³-hybridized carbons (Fsp3) is 0.600. The van der Waals surface area contributed by atoms with Gasteiger partial charge in [0.05, 0.1) is 7.11 Å². The third-order valence-corrected chi connectivity index (χ3v) is 3.89. The molecule has 0 spiro atoms. The van der Waals surface area contributed by atoms with E-state index in [0.29, 0.717) is 6.54 Å². The molecule has 1 saturated carbocycles. The highest BCUT2D eigenvalue weighted by atomic mass is 16.5. The van der Waals surface area contributed by atoms with E-state index in [1.807, 2.05) is 0 Å². The summed E-state index contributed by atoms with van der Waals surface area (Å²) in [6, 6.07) is 1.52. The number of nitrogens with one attached hydrogen (secondary N) is 1. The Bertz CT molecular complexity index is 456. The second-order valence-electron chi connectivity index (χ2n) is 5.26. The lowest BCUT2D eigenvalue weighted by molar-refractivity contribution is 0.0941. The molecule has 1 aliphatic carbocycles. The van der Waals surface area contributed by atoms with Crippen molar-refractivity contribution in [3.05, 3.63) is 18.0 Å². The Balaban J connectivity index is 1.85. The van der Waals surface area contributed by atoms with Crippen molar-refractivity contribution in [2.45, 2.75) is 38.5 Å². The van der Waals surface area contributed by atoms with Gasteiger partial charge in [0, 0.05) is 18.8 Å². The third-order valence-electron chi connectivity index (χ3n) is 3.89. The molecule has 0 aromatic carbocycles. The summed E-state index contributed by atoms with van der Waals surface area (Å²) in [6.07, 6.45) is 8.92. The van der Waals surface area contributed by atoms with Crippen LogP contribution in [0.2, 0.25) is 0 Å². The SMILES string of the molecule is COc1ccnc(C(=O)NCCC2CCCCC2)c1O. The van der Waals surface area contributed by atoms with Gasteiger partial charge in [0.1, 0.15) is 0 Å². The maximum Gasteiger partial charge on any atom is 0.273 e. The van der Waals surface area contributed by atoms with Crippen molar-refractivity contribution < 1.29 is 14.6 Å². The molecule has 2 rings (SSSR count). The molecule has 110 valence electrons. The molecule has 1 aromatic rings. The van der Waals surface area contributed by atoms with Crippen LogP contribution in [0.5, 0.6) is 11.5 Å². The highest BCUT2D eigenvalue weighted by Gasteiger charge is 2.17. The number of aromatic hydroxyl groups is 1. The first-order valence-corrected chi connectivity index (χ1v) is 7.22. The third kappa shape index (κ3) is 3.62. The Hall–Kier alpha value is -1.78. The van der Waals surface area contributed by atoms with Crippen molar-refractivity contribution in [2.24, 2.45) is 5.92 Å². The monoisotopic (exact) mass is 278 g/mol. The first kappa shape index (κ1) is 14.6. The van der Waals surface area contributed by atoms with Gasteiger partial charge in [-0.3, -0.25) is 4.79 Å². The van der Waals surface area contributed by atoms with Crippen molar-refractivity contribution in [1.29, 1.82) is 0 Å². The Morgan fingerprint density at radius 3 is 2.90 bits per heavy atom. The van der Waals surface area contributed by atoms with Gasteiger partial charge in [-0.25, -0.2) is 4.98 Å². The molecule has 0 bridgehead atoms. The highest BCUT2D eigenvalue weighted by molar-refractivity contribution is 5.95. The lowest BCUT2D eigenvalue weighted by Gasteiger charge is -2.21. The molecular formula is C15H22N2O3. The Labute approximate surface area is 119 Å². The minimum Gasteiger partial charge on any atom is -0.503 e. The normalized spacial score (nSPS) is 15.8. The van der Waals surface area contributed by atoms with Crippen LogP contribution in [-0.2, 0) is 0 Å². The predicted molar refractivity (Wildman–Crippen MR) is 76.0 cm³/mol. The number of carbonyl (C=O) groups is 1. The summed E-state index contributed by atoms with van der Waals surface area (Å²) in [5, 5.41) is 12.7. The number of carbonyl (C=O) groups excluding carboxylic acids is 1. The molecule has 0 saturated heterocycles. The Kier molecular flexibility index (Phi) is 5.21. The molecule has 2 N–H and O–H groups in total. The van der Waals surface area contributed by atoms with Gasteiger partial charge in [0.25, 0.3) is 5.91 Å². The fourth-order valence-corrected chi connectivity index (χ4v) is 2.72. The van der Waals surface area contributed by atoms with Crippen LogP contribution in [0.3, 0.4) is 0 Å². The lowest BCUT2D eigenvalue weighted by atomic mass is 9.87. The van der Waals surface area contributed by atoms with E-state index < -0.39 is 0 Å². The van der Waals surface area contributed by atoms with Crippen LogP contribution < -0.4 is 10.1 Å². The van der Waals surface area contributed by atoms with E-state index in [4.69, 9.17) is 4.74 Å². The van der Waals surface area contributed by atoms with Crippen LogP contribution in [-0.4, -0.2) is 29.7 Å². The van der Waals surface area contributed by atoms with E-state index >= 15 is 0 Å². The zero-order chi connectivity index (χ0) is 14.4. The van der Waals surface area contributed by atoms with Crippen LogP contribution in [0.4, 0.5) is 0 Å². The Morgan fingerprint density at radius 2 is 2.20 bits per heavy atom. The number of hydrogen-bond acceptors (Lipinski definition) is 4. The molecule has 0 unspecified atom stereocenters. The van der Waals surface area contributed by atoms with Crippen LogP contribution in [0.1, 0.15) is 49.0 Å². The molecule has 0 atom stereocenters. The van der Waals surface area contributed by atoms with E-state index in [1.54, 1.807) is 0 Å². The maximum absolute atomic E-state index is 12.0. The fourth-order valence-electron chi connectivity index (χ4n) is 2.72. The average Bonchev–Trinajstić information content (AvgIpc) is 2.48.